The number of benzene rings is 1. The zero-order chi connectivity index (χ0) is 17.4. The Bertz CT molecular complexity index is 755. The van der Waals surface area contributed by atoms with Gasteiger partial charge in [0.25, 0.3) is 0 Å². The standard InChI is InChI=1S/C19H27N5O/c1-23(2)19(25)15-11-21-22-18(15)17-7-4-10-24(17)12-13-5-3-6-16-14(13)8-9-20-16/h3,5-6,8-9,15,17-18,20-22H,4,7,10-12H2,1-2H3. The van der Waals surface area contributed by atoms with Gasteiger partial charge in [0.15, 0.2) is 0 Å². The normalized spacial score (nSPS) is 27.2. The lowest BCUT2D eigenvalue weighted by atomic mass is 9.92. The first-order valence-corrected chi connectivity index (χ1v) is 9.14. The average molecular weight is 341 g/mol. The third-order valence-electron chi connectivity index (χ3n) is 5.67. The third-order valence-corrected chi connectivity index (χ3v) is 5.67. The number of hydrazine groups is 1. The summed E-state index contributed by atoms with van der Waals surface area (Å²) in [7, 11) is 3.69. The number of nitrogens with zero attached hydrogens (tertiary/aromatic N) is 2. The van der Waals surface area contributed by atoms with Gasteiger partial charge in [-0.1, -0.05) is 12.1 Å². The van der Waals surface area contributed by atoms with Gasteiger partial charge in [0.2, 0.25) is 5.91 Å². The van der Waals surface area contributed by atoms with Crippen molar-refractivity contribution in [2.24, 2.45) is 5.92 Å². The molecule has 0 saturated carbocycles. The molecule has 2 aliphatic heterocycles. The lowest BCUT2D eigenvalue weighted by Gasteiger charge is -2.32. The number of aromatic amines is 1. The highest BCUT2D eigenvalue weighted by Crippen LogP contribution is 2.29. The molecule has 0 spiro atoms. The molecular formula is C19H27N5O. The van der Waals surface area contributed by atoms with E-state index in [1.54, 1.807) is 4.90 Å². The Hall–Kier alpha value is -1.89. The fourth-order valence-corrected chi connectivity index (χ4v) is 4.41. The Morgan fingerprint density at radius 1 is 1.32 bits per heavy atom. The van der Waals surface area contributed by atoms with Crippen LogP contribution in [-0.4, -0.2) is 60.0 Å². The summed E-state index contributed by atoms with van der Waals surface area (Å²) in [6.07, 6.45) is 4.33. The predicted molar refractivity (Wildman–Crippen MR) is 98.8 cm³/mol. The van der Waals surface area contributed by atoms with Crippen molar-refractivity contribution in [1.29, 1.82) is 0 Å². The van der Waals surface area contributed by atoms with E-state index in [1.807, 2.05) is 20.3 Å². The molecule has 1 aromatic heterocycles. The molecule has 2 aromatic rings. The van der Waals surface area contributed by atoms with Gasteiger partial charge in [0.05, 0.1) is 5.92 Å². The molecule has 134 valence electrons. The van der Waals surface area contributed by atoms with Crippen molar-refractivity contribution in [2.45, 2.75) is 31.5 Å². The fourth-order valence-electron chi connectivity index (χ4n) is 4.41. The second-order valence-corrected chi connectivity index (χ2v) is 7.43. The maximum atomic E-state index is 12.5. The van der Waals surface area contributed by atoms with Gasteiger partial charge in [-0.3, -0.25) is 20.5 Å². The molecule has 25 heavy (non-hydrogen) atoms. The first-order chi connectivity index (χ1) is 12.1. The summed E-state index contributed by atoms with van der Waals surface area (Å²) in [6.45, 7) is 2.73. The Labute approximate surface area is 148 Å². The molecule has 1 aromatic carbocycles. The minimum Gasteiger partial charge on any atom is -0.361 e. The SMILES string of the molecule is CN(C)C(=O)C1CNNC1C1CCCN1Cc1cccc2[nH]ccc12. The summed E-state index contributed by atoms with van der Waals surface area (Å²) in [5, 5.41) is 1.30. The molecule has 3 N–H and O–H groups in total. The van der Waals surface area contributed by atoms with Crippen molar-refractivity contribution in [3.63, 3.8) is 0 Å². The van der Waals surface area contributed by atoms with Gasteiger partial charge in [0.1, 0.15) is 0 Å². The number of hydrogen-bond donors (Lipinski definition) is 3. The molecule has 4 rings (SSSR count). The number of aromatic nitrogens is 1. The highest BCUT2D eigenvalue weighted by Gasteiger charge is 2.42. The Morgan fingerprint density at radius 3 is 3.04 bits per heavy atom. The summed E-state index contributed by atoms with van der Waals surface area (Å²) < 4.78 is 0. The zero-order valence-electron chi connectivity index (χ0n) is 15.0. The Morgan fingerprint density at radius 2 is 2.20 bits per heavy atom. The molecule has 6 heteroatoms. The van der Waals surface area contributed by atoms with E-state index in [9.17, 15) is 4.79 Å². The van der Waals surface area contributed by atoms with E-state index < -0.39 is 0 Å². The van der Waals surface area contributed by atoms with E-state index in [0.717, 1.165) is 19.5 Å². The van der Waals surface area contributed by atoms with Crippen molar-refractivity contribution in [2.75, 3.05) is 27.2 Å². The molecule has 2 saturated heterocycles. The van der Waals surface area contributed by atoms with Crippen molar-refractivity contribution >= 4 is 16.8 Å². The number of H-pyrrole nitrogens is 1. The quantitative estimate of drug-likeness (QED) is 0.785. The molecule has 2 aliphatic rings. The number of fused-ring (bicyclic) bond motifs is 1. The van der Waals surface area contributed by atoms with Crippen LogP contribution in [0.1, 0.15) is 18.4 Å². The van der Waals surface area contributed by atoms with Gasteiger partial charge in [-0.05, 0) is 37.1 Å². The number of amides is 1. The number of rotatable bonds is 4. The maximum absolute atomic E-state index is 12.5. The minimum atomic E-state index is 0.00338. The van der Waals surface area contributed by atoms with Crippen LogP contribution >= 0.6 is 0 Å². The predicted octanol–water partition coefficient (Wildman–Crippen LogP) is 1.31. The van der Waals surface area contributed by atoms with E-state index in [0.29, 0.717) is 12.6 Å². The molecule has 0 radical (unpaired) electrons. The number of likely N-dealkylation sites (tertiary alicyclic amines) is 1. The van der Waals surface area contributed by atoms with Crippen molar-refractivity contribution in [3.8, 4) is 0 Å². The van der Waals surface area contributed by atoms with Crippen LogP contribution in [0.2, 0.25) is 0 Å². The van der Waals surface area contributed by atoms with Crippen LogP contribution < -0.4 is 10.9 Å². The average Bonchev–Trinajstić information content (AvgIpc) is 3.33. The summed E-state index contributed by atoms with van der Waals surface area (Å²) in [4.78, 5) is 20.1. The second-order valence-electron chi connectivity index (χ2n) is 7.43. The van der Waals surface area contributed by atoms with Crippen LogP contribution in [0.15, 0.2) is 30.5 Å². The number of nitrogens with one attached hydrogen (secondary N) is 3. The first-order valence-electron chi connectivity index (χ1n) is 9.14. The van der Waals surface area contributed by atoms with Gasteiger partial charge in [-0.2, -0.15) is 0 Å². The summed E-state index contributed by atoms with van der Waals surface area (Å²) >= 11 is 0. The smallest absolute Gasteiger partial charge is 0.228 e. The zero-order valence-corrected chi connectivity index (χ0v) is 15.0. The first kappa shape index (κ1) is 16.6. The topological polar surface area (TPSA) is 63.4 Å². The van der Waals surface area contributed by atoms with E-state index in [4.69, 9.17) is 0 Å². The van der Waals surface area contributed by atoms with Gasteiger partial charge in [0, 0.05) is 56.4 Å². The van der Waals surface area contributed by atoms with E-state index in [1.165, 1.54) is 22.9 Å². The summed E-state index contributed by atoms with van der Waals surface area (Å²) in [5.41, 5.74) is 9.15. The largest absolute Gasteiger partial charge is 0.361 e. The summed E-state index contributed by atoms with van der Waals surface area (Å²) in [6, 6.07) is 9.17. The molecule has 1 amide bonds. The van der Waals surface area contributed by atoms with Crippen molar-refractivity contribution in [1.82, 2.24) is 25.6 Å². The lowest BCUT2D eigenvalue weighted by molar-refractivity contribution is -0.133. The highest BCUT2D eigenvalue weighted by molar-refractivity contribution is 5.83. The number of carbonyl (C=O) groups excluding carboxylic acids is 1. The van der Waals surface area contributed by atoms with Gasteiger partial charge >= 0.3 is 0 Å². The van der Waals surface area contributed by atoms with Crippen LogP contribution in [0.3, 0.4) is 0 Å². The van der Waals surface area contributed by atoms with Gasteiger partial charge in [-0.25, -0.2) is 0 Å². The minimum absolute atomic E-state index is 0.00338. The van der Waals surface area contributed by atoms with Gasteiger partial charge in [-0.15, -0.1) is 0 Å². The number of hydrogen-bond acceptors (Lipinski definition) is 4. The molecule has 6 nitrogen and oxygen atoms in total. The third kappa shape index (κ3) is 3.05. The molecule has 3 heterocycles. The monoisotopic (exact) mass is 341 g/mol. The molecule has 0 aliphatic carbocycles. The van der Waals surface area contributed by atoms with E-state index in [2.05, 4.69) is 45.0 Å². The Balaban J connectivity index is 1.54. The van der Waals surface area contributed by atoms with Crippen LogP contribution in [-0.2, 0) is 11.3 Å². The van der Waals surface area contributed by atoms with Crippen molar-refractivity contribution < 1.29 is 4.79 Å². The summed E-state index contributed by atoms with van der Waals surface area (Å²) in [5.74, 6) is 0.214. The molecule has 3 unspecified atom stereocenters. The van der Waals surface area contributed by atoms with E-state index >= 15 is 0 Å². The van der Waals surface area contributed by atoms with Crippen LogP contribution in [0, 0.1) is 5.92 Å². The van der Waals surface area contributed by atoms with Gasteiger partial charge < -0.3 is 9.88 Å². The lowest BCUT2D eigenvalue weighted by Crippen LogP contribution is -2.51. The maximum Gasteiger partial charge on any atom is 0.228 e. The highest BCUT2D eigenvalue weighted by atomic mass is 16.2. The second kappa shape index (κ2) is 6.78. The molecule has 3 atom stereocenters. The van der Waals surface area contributed by atoms with Crippen LogP contribution in [0.5, 0.6) is 0 Å². The van der Waals surface area contributed by atoms with Crippen LogP contribution in [0.25, 0.3) is 10.9 Å². The molecule has 2 fully saturated rings. The molecule has 0 bridgehead atoms. The Kier molecular flexibility index (Phi) is 4.50. The van der Waals surface area contributed by atoms with Crippen molar-refractivity contribution in [3.05, 3.63) is 36.0 Å². The number of carbonyl (C=O) groups is 1. The van der Waals surface area contributed by atoms with E-state index in [-0.39, 0.29) is 17.9 Å². The van der Waals surface area contributed by atoms with Crippen LogP contribution in [0.4, 0.5) is 0 Å². The fraction of sp³-hybridized carbons (Fsp3) is 0.526. The molecular weight excluding hydrogens is 314 g/mol.